The highest BCUT2D eigenvalue weighted by atomic mass is 16.6. The van der Waals surface area contributed by atoms with Crippen LogP contribution in [0.3, 0.4) is 0 Å². The Labute approximate surface area is 116 Å². The monoisotopic (exact) mass is 269 g/mol. The number of hydrogen-bond donors (Lipinski definition) is 0. The molecule has 0 saturated heterocycles. The van der Waals surface area contributed by atoms with Gasteiger partial charge in [0.05, 0.1) is 11.2 Å². The first-order chi connectivity index (χ1) is 9.56. The van der Waals surface area contributed by atoms with Gasteiger partial charge in [-0.15, -0.1) is 0 Å². The average molecular weight is 269 g/mol. The molecule has 4 heteroatoms. The summed E-state index contributed by atoms with van der Waals surface area (Å²) in [7, 11) is 0. The second kappa shape index (κ2) is 6.02. The maximum atomic E-state index is 10.2. The zero-order valence-corrected chi connectivity index (χ0v) is 11.4. The van der Waals surface area contributed by atoms with Crippen molar-refractivity contribution >= 4 is 16.7 Å². The molecule has 4 nitrogen and oxygen atoms in total. The number of benzene rings is 2. The van der Waals surface area contributed by atoms with E-state index in [9.17, 15) is 10.1 Å². The van der Waals surface area contributed by atoms with Crippen LogP contribution < -0.4 is 0 Å². The van der Waals surface area contributed by atoms with Crippen molar-refractivity contribution in [3.63, 3.8) is 0 Å². The van der Waals surface area contributed by atoms with Gasteiger partial charge in [-0.2, -0.15) is 0 Å². The minimum atomic E-state index is -0.396. The number of non-ortho nitro benzene ring substituents is 1. The SMILES string of the molecule is Cc1ccc2occc2c1.Cc1cccc([N+](=O)[O-])c1. The Balaban J connectivity index is 0.000000147. The molecule has 0 radical (unpaired) electrons. The van der Waals surface area contributed by atoms with E-state index in [1.807, 2.05) is 31.2 Å². The molecule has 102 valence electrons. The normalized spacial score (nSPS) is 9.90. The molecule has 2 aromatic carbocycles. The standard InChI is InChI=1S/C9H8O.C7H7NO2/c1-7-2-3-9-8(6-7)4-5-10-9;1-6-3-2-4-7(5-6)8(9)10/h2-6H,1H3;2-5H,1H3. The second-order valence-electron chi connectivity index (χ2n) is 4.56. The van der Waals surface area contributed by atoms with Crippen molar-refractivity contribution in [1.29, 1.82) is 0 Å². The molecule has 0 unspecified atom stereocenters. The Morgan fingerprint density at radius 2 is 1.75 bits per heavy atom. The molecule has 20 heavy (non-hydrogen) atoms. The summed E-state index contributed by atoms with van der Waals surface area (Å²) in [6, 6.07) is 14.6. The lowest BCUT2D eigenvalue weighted by Crippen LogP contribution is -1.86. The van der Waals surface area contributed by atoms with E-state index in [-0.39, 0.29) is 5.69 Å². The smallest absolute Gasteiger partial charge is 0.269 e. The third-order valence-electron chi connectivity index (χ3n) is 2.82. The summed E-state index contributed by atoms with van der Waals surface area (Å²) in [6.07, 6.45) is 1.71. The highest BCUT2D eigenvalue weighted by Crippen LogP contribution is 2.15. The summed E-state index contributed by atoms with van der Waals surface area (Å²) in [4.78, 5) is 9.76. The lowest BCUT2D eigenvalue weighted by Gasteiger charge is -1.90. The fourth-order valence-electron chi connectivity index (χ4n) is 1.83. The van der Waals surface area contributed by atoms with E-state index in [4.69, 9.17) is 4.42 Å². The number of fused-ring (bicyclic) bond motifs is 1. The van der Waals surface area contributed by atoms with Crippen molar-refractivity contribution in [1.82, 2.24) is 0 Å². The summed E-state index contributed by atoms with van der Waals surface area (Å²) >= 11 is 0. The molecule has 0 fully saturated rings. The molecule has 0 saturated carbocycles. The molecule has 1 heterocycles. The van der Waals surface area contributed by atoms with Crippen LogP contribution in [0.15, 0.2) is 59.2 Å². The van der Waals surface area contributed by atoms with Crippen LogP contribution in [0.5, 0.6) is 0 Å². The molecule has 0 aliphatic carbocycles. The van der Waals surface area contributed by atoms with Crippen LogP contribution in [0.25, 0.3) is 11.0 Å². The van der Waals surface area contributed by atoms with E-state index in [1.54, 1.807) is 18.4 Å². The zero-order chi connectivity index (χ0) is 14.5. The van der Waals surface area contributed by atoms with E-state index in [0.717, 1.165) is 11.1 Å². The van der Waals surface area contributed by atoms with Crippen LogP contribution in [0.4, 0.5) is 5.69 Å². The van der Waals surface area contributed by atoms with E-state index in [2.05, 4.69) is 13.0 Å². The van der Waals surface area contributed by atoms with Crippen LogP contribution in [0, 0.1) is 24.0 Å². The number of aryl methyl sites for hydroxylation is 2. The van der Waals surface area contributed by atoms with Gasteiger partial charge < -0.3 is 4.42 Å². The lowest BCUT2D eigenvalue weighted by molar-refractivity contribution is -0.384. The quantitative estimate of drug-likeness (QED) is 0.477. The summed E-state index contributed by atoms with van der Waals surface area (Å²) in [5.74, 6) is 0. The third-order valence-corrected chi connectivity index (χ3v) is 2.82. The summed E-state index contributed by atoms with van der Waals surface area (Å²) in [6.45, 7) is 3.90. The van der Waals surface area contributed by atoms with Gasteiger partial charge in [0.15, 0.2) is 0 Å². The van der Waals surface area contributed by atoms with Gasteiger partial charge in [-0.05, 0) is 37.6 Å². The van der Waals surface area contributed by atoms with Gasteiger partial charge in [-0.3, -0.25) is 10.1 Å². The molecule has 0 amide bonds. The highest BCUT2D eigenvalue weighted by molar-refractivity contribution is 5.77. The fourth-order valence-corrected chi connectivity index (χ4v) is 1.83. The number of furan rings is 1. The molecular weight excluding hydrogens is 254 g/mol. The zero-order valence-electron chi connectivity index (χ0n) is 11.4. The van der Waals surface area contributed by atoms with Gasteiger partial charge in [0, 0.05) is 17.5 Å². The largest absolute Gasteiger partial charge is 0.464 e. The molecule has 0 spiro atoms. The van der Waals surface area contributed by atoms with E-state index >= 15 is 0 Å². The Morgan fingerprint density at radius 1 is 1.00 bits per heavy atom. The topological polar surface area (TPSA) is 56.3 Å². The molecule has 3 rings (SSSR count). The van der Waals surface area contributed by atoms with Gasteiger partial charge in [0.1, 0.15) is 5.58 Å². The molecule has 0 atom stereocenters. The van der Waals surface area contributed by atoms with Crippen molar-refractivity contribution in [2.45, 2.75) is 13.8 Å². The van der Waals surface area contributed by atoms with Crippen LogP contribution in [-0.4, -0.2) is 4.92 Å². The molecular formula is C16H15NO3. The Kier molecular flexibility index (Phi) is 4.15. The molecule has 0 N–H and O–H groups in total. The molecule has 3 aromatic rings. The third kappa shape index (κ3) is 3.45. The summed E-state index contributed by atoms with van der Waals surface area (Å²) < 4.78 is 5.17. The van der Waals surface area contributed by atoms with Crippen molar-refractivity contribution in [2.24, 2.45) is 0 Å². The number of nitro benzene ring substituents is 1. The number of hydrogen-bond acceptors (Lipinski definition) is 3. The Morgan fingerprint density at radius 3 is 2.40 bits per heavy atom. The maximum absolute atomic E-state index is 10.2. The second-order valence-corrected chi connectivity index (χ2v) is 4.56. The molecule has 1 aromatic heterocycles. The molecule has 0 bridgehead atoms. The number of nitro groups is 1. The van der Waals surface area contributed by atoms with Gasteiger partial charge in [-0.25, -0.2) is 0 Å². The van der Waals surface area contributed by atoms with E-state index in [1.165, 1.54) is 17.0 Å². The number of nitrogens with zero attached hydrogens (tertiary/aromatic N) is 1. The van der Waals surface area contributed by atoms with Gasteiger partial charge in [-0.1, -0.05) is 23.8 Å². The fraction of sp³-hybridized carbons (Fsp3) is 0.125. The Hall–Kier alpha value is -2.62. The maximum Gasteiger partial charge on any atom is 0.269 e. The van der Waals surface area contributed by atoms with Crippen LogP contribution in [-0.2, 0) is 0 Å². The minimum Gasteiger partial charge on any atom is -0.464 e. The van der Waals surface area contributed by atoms with Gasteiger partial charge in [0.2, 0.25) is 0 Å². The highest BCUT2D eigenvalue weighted by Gasteiger charge is 2.01. The van der Waals surface area contributed by atoms with Crippen molar-refractivity contribution in [3.8, 4) is 0 Å². The first kappa shape index (κ1) is 13.8. The van der Waals surface area contributed by atoms with E-state index in [0.29, 0.717) is 0 Å². The number of rotatable bonds is 1. The predicted octanol–water partition coefficient (Wildman–Crippen LogP) is 4.64. The minimum absolute atomic E-state index is 0.153. The van der Waals surface area contributed by atoms with Crippen LogP contribution >= 0.6 is 0 Å². The average Bonchev–Trinajstić information content (AvgIpc) is 2.86. The van der Waals surface area contributed by atoms with Crippen LogP contribution in [0.2, 0.25) is 0 Å². The van der Waals surface area contributed by atoms with Gasteiger partial charge >= 0.3 is 0 Å². The Bertz CT molecular complexity index is 731. The molecule has 0 aliphatic rings. The molecule has 0 aliphatic heterocycles. The van der Waals surface area contributed by atoms with Crippen molar-refractivity contribution in [2.75, 3.05) is 0 Å². The first-order valence-corrected chi connectivity index (χ1v) is 6.21. The first-order valence-electron chi connectivity index (χ1n) is 6.21. The van der Waals surface area contributed by atoms with E-state index < -0.39 is 4.92 Å². The van der Waals surface area contributed by atoms with Crippen LogP contribution in [0.1, 0.15) is 11.1 Å². The van der Waals surface area contributed by atoms with Crippen molar-refractivity contribution in [3.05, 3.63) is 76.0 Å². The summed E-state index contributed by atoms with van der Waals surface area (Å²) in [5, 5.41) is 11.3. The van der Waals surface area contributed by atoms with Crippen molar-refractivity contribution < 1.29 is 9.34 Å². The predicted molar refractivity (Wildman–Crippen MR) is 78.8 cm³/mol. The van der Waals surface area contributed by atoms with Gasteiger partial charge in [0.25, 0.3) is 5.69 Å². The summed E-state index contributed by atoms with van der Waals surface area (Å²) in [5.41, 5.74) is 3.30. The lowest BCUT2D eigenvalue weighted by atomic mass is 10.2.